The molecule has 2 aromatic rings. The molecule has 1 aliphatic carbocycles. The summed E-state index contributed by atoms with van der Waals surface area (Å²) < 4.78 is 15.4. The molecule has 5 heteroatoms. The maximum absolute atomic E-state index is 13.8. The van der Waals surface area contributed by atoms with Gasteiger partial charge in [0.25, 0.3) is 5.91 Å². The Bertz CT molecular complexity index is 676. The first-order valence-electron chi connectivity index (χ1n) is 7.11. The summed E-state index contributed by atoms with van der Waals surface area (Å²) in [7, 11) is 1.76. The molecule has 0 aliphatic heterocycles. The summed E-state index contributed by atoms with van der Waals surface area (Å²) in [6, 6.07) is 8.60. The topological polar surface area (TPSA) is 38.1 Å². The van der Waals surface area contributed by atoms with E-state index in [2.05, 4.69) is 5.10 Å². The summed E-state index contributed by atoms with van der Waals surface area (Å²) in [4.78, 5) is 14.5. The molecule has 0 bridgehead atoms. The Morgan fingerprint density at radius 2 is 2.14 bits per heavy atom. The van der Waals surface area contributed by atoms with Crippen LogP contribution in [0.5, 0.6) is 0 Å². The molecule has 1 saturated carbocycles. The van der Waals surface area contributed by atoms with E-state index < -0.39 is 0 Å². The Morgan fingerprint density at radius 1 is 1.43 bits per heavy atom. The van der Waals surface area contributed by atoms with Crippen LogP contribution in [0.4, 0.5) is 4.39 Å². The van der Waals surface area contributed by atoms with Crippen LogP contribution in [-0.4, -0.2) is 26.6 Å². The van der Waals surface area contributed by atoms with Crippen molar-refractivity contribution >= 4 is 5.91 Å². The number of amides is 1. The SMILES string of the molecule is Cc1cc(C(=O)N(Cc2ccccc2F)C2CC2)n(C)n1. The van der Waals surface area contributed by atoms with Crippen LogP contribution in [-0.2, 0) is 13.6 Å². The van der Waals surface area contributed by atoms with E-state index in [1.165, 1.54) is 6.07 Å². The average molecular weight is 287 g/mol. The van der Waals surface area contributed by atoms with Gasteiger partial charge in [-0.3, -0.25) is 9.48 Å². The minimum atomic E-state index is -0.267. The second-order valence-electron chi connectivity index (χ2n) is 5.55. The molecule has 1 heterocycles. The standard InChI is InChI=1S/C16H18FN3O/c1-11-9-15(19(2)18-11)16(21)20(13-7-8-13)10-12-5-3-4-6-14(12)17/h3-6,9,13H,7-8,10H2,1-2H3. The molecule has 0 spiro atoms. The molecule has 0 N–H and O–H groups in total. The highest BCUT2D eigenvalue weighted by Crippen LogP contribution is 2.30. The molecule has 1 aromatic heterocycles. The number of carbonyl (C=O) groups is 1. The molecule has 1 fully saturated rings. The number of hydrogen-bond donors (Lipinski definition) is 0. The fraction of sp³-hybridized carbons (Fsp3) is 0.375. The van der Waals surface area contributed by atoms with Gasteiger partial charge in [0.1, 0.15) is 11.5 Å². The molecule has 0 radical (unpaired) electrons. The third-order valence-electron chi connectivity index (χ3n) is 3.77. The predicted molar refractivity (Wildman–Crippen MR) is 77.2 cm³/mol. The number of aromatic nitrogens is 2. The number of nitrogens with zero attached hydrogens (tertiary/aromatic N) is 3. The fourth-order valence-electron chi connectivity index (χ4n) is 2.52. The third kappa shape index (κ3) is 2.82. The number of rotatable bonds is 4. The monoisotopic (exact) mass is 287 g/mol. The maximum atomic E-state index is 13.8. The van der Waals surface area contributed by atoms with Crippen LogP contribution in [0.2, 0.25) is 0 Å². The largest absolute Gasteiger partial charge is 0.330 e. The summed E-state index contributed by atoms with van der Waals surface area (Å²) in [6.07, 6.45) is 1.97. The van der Waals surface area contributed by atoms with Gasteiger partial charge in [-0.25, -0.2) is 4.39 Å². The number of carbonyl (C=O) groups excluding carboxylic acids is 1. The molecule has 1 aromatic carbocycles. The van der Waals surface area contributed by atoms with Gasteiger partial charge in [-0.1, -0.05) is 18.2 Å². The van der Waals surface area contributed by atoms with Crippen LogP contribution in [0.25, 0.3) is 0 Å². The molecule has 21 heavy (non-hydrogen) atoms. The van der Waals surface area contributed by atoms with E-state index in [0.717, 1.165) is 18.5 Å². The minimum absolute atomic E-state index is 0.0798. The van der Waals surface area contributed by atoms with Crippen LogP contribution in [0.1, 0.15) is 34.6 Å². The first kappa shape index (κ1) is 13.8. The molecule has 0 atom stereocenters. The number of halogens is 1. The summed E-state index contributed by atoms with van der Waals surface area (Å²) in [5, 5.41) is 4.21. The Labute approximate surface area is 123 Å². The van der Waals surface area contributed by atoms with Gasteiger partial charge in [-0.2, -0.15) is 5.10 Å². The van der Waals surface area contributed by atoms with E-state index >= 15 is 0 Å². The molecule has 0 saturated heterocycles. The van der Waals surface area contributed by atoms with E-state index in [4.69, 9.17) is 0 Å². The average Bonchev–Trinajstić information content (AvgIpc) is 3.22. The molecular formula is C16H18FN3O. The zero-order valence-electron chi connectivity index (χ0n) is 12.2. The van der Waals surface area contributed by atoms with Gasteiger partial charge in [0, 0.05) is 25.2 Å². The van der Waals surface area contributed by atoms with Crippen LogP contribution >= 0.6 is 0 Å². The Kier molecular flexibility index (Phi) is 3.49. The van der Waals surface area contributed by atoms with Gasteiger partial charge in [0.05, 0.1) is 5.69 Å². The van der Waals surface area contributed by atoms with E-state index in [9.17, 15) is 9.18 Å². The van der Waals surface area contributed by atoms with Crippen molar-refractivity contribution in [3.8, 4) is 0 Å². The first-order valence-corrected chi connectivity index (χ1v) is 7.11. The van der Waals surface area contributed by atoms with Gasteiger partial charge >= 0.3 is 0 Å². The molecule has 1 amide bonds. The van der Waals surface area contributed by atoms with Crippen molar-refractivity contribution < 1.29 is 9.18 Å². The minimum Gasteiger partial charge on any atom is -0.330 e. The fourth-order valence-corrected chi connectivity index (χ4v) is 2.52. The second-order valence-corrected chi connectivity index (χ2v) is 5.55. The van der Waals surface area contributed by atoms with Gasteiger partial charge in [-0.05, 0) is 31.9 Å². The highest BCUT2D eigenvalue weighted by atomic mass is 19.1. The summed E-state index contributed by atoms with van der Waals surface area (Å²) in [5.41, 5.74) is 1.91. The number of hydrogen-bond acceptors (Lipinski definition) is 2. The van der Waals surface area contributed by atoms with Crippen LogP contribution < -0.4 is 0 Å². The number of benzene rings is 1. The highest BCUT2D eigenvalue weighted by molar-refractivity contribution is 5.93. The van der Waals surface area contributed by atoms with Crippen molar-refractivity contribution in [2.45, 2.75) is 32.4 Å². The van der Waals surface area contributed by atoms with Crippen molar-refractivity contribution in [1.82, 2.24) is 14.7 Å². The van der Waals surface area contributed by atoms with E-state index in [-0.39, 0.29) is 17.8 Å². The van der Waals surface area contributed by atoms with Crippen LogP contribution in [0.15, 0.2) is 30.3 Å². The first-order chi connectivity index (χ1) is 10.1. The highest BCUT2D eigenvalue weighted by Gasteiger charge is 2.34. The zero-order valence-corrected chi connectivity index (χ0v) is 12.2. The zero-order chi connectivity index (χ0) is 15.0. The van der Waals surface area contributed by atoms with Crippen molar-refractivity contribution in [2.24, 2.45) is 7.05 Å². The molecular weight excluding hydrogens is 269 g/mol. The van der Waals surface area contributed by atoms with Gasteiger partial charge < -0.3 is 4.90 Å². The third-order valence-corrected chi connectivity index (χ3v) is 3.77. The van der Waals surface area contributed by atoms with Crippen molar-refractivity contribution in [2.75, 3.05) is 0 Å². The van der Waals surface area contributed by atoms with E-state index in [0.29, 0.717) is 17.8 Å². The number of aryl methyl sites for hydroxylation is 2. The van der Waals surface area contributed by atoms with Gasteiger partial charge in [0.2, 0.25) is 0 Å². The van der Waals surface area contributed by atoms with Crippen molar-refractivity contribution in [3.63, 3.8) is 0 Å². The van der Waals surface area contributed by atoms with Gasteiger partial charge in [0.15, 0.2) is 0 Å². The van der Waals surface area contributed by atoms with Gasteiger partial charge in [-0.15, -0.1) is 0 Å². The lowest BCUT2D eigenvalue weighted by atomic mass is 10.2. The molecule has 3 rings (SSSR count). The summed E-state index contributed by atoms with van der Waals surface area (Å²) in [5.74, 6) is -0.346. The Hall–Kier alpha value is -2.17. The second kappa shape index (κ2) is 5.31. The molecule has 0 unspecified atom stereocenters. The molecule has 1 aliphatic rings. The van der Waals surface area contributed by atoms with Crippen molar-refractivity contribution in [1.29, 1.82) is 0 Å². The van der Waals surface area contributed by atoms with E-state index in [1.807, 2.05) is 6.92 Å². The smallest absolute Gasteiger partial charge is 0.272 e. The normalized spacial score (nSPS) is 14.2. The summed E-state index contributed by atoms with van der Waals surface area (Å²) in [6.45, 7) is 2.16. The van der Waals surface area contributed by atoms with Crippen LogP contribution in [0, 0.1) is 12.7 Å². The lowest BCUT2D eigenvalue weighted by Crippen LogP contribution is -2.34. The Balaban J connectivity index is 1.87. The Morgan fingerprint density at radius 3 is 2.71 bits per heavy atom. The van der Waals surface area contributed by atoms with Crippen molar-refractivity contribution in [3.05, 3.63) is 53.1 Å². The molecule has 4 nitrogen and oxygen atoms in total. The molecule has 110 valence electrons. The lowest BCUT2D eigenvalue weighted by molar-refractivity contribution is 0.0717. The predicted octanol–water partition coefficient (Wildman–Crippen LogP) is 2.67. The van der Waals surface area contributed by atoms with Crippen LogP contribution in [0.3, 0.4) is 0 Å². The summed E-state index contributed by atoms with van der Waals surface area (Å²) >= 11 is 0. The van der Waals surface area contributed by atoms with E-state index in [1.54, 1.807) is 40.9 Å². The maximum Gasteiger partial charge on any atom is 0.272 e. The lowest BCUT2D eigenvalue weighted by Gasteiger charge is -2.22. The quantitative estimate of drug-likeness (QED) is 0.867.